The van der Waals surface area contributed by atoms with Crippen LogP contribution in [0.2, 0.25) is 0 Å². The first-order valence-corrected chi connectivity index (χ1v) is 12.3. The molecule has 6 nitrogen and oxygen atoms in total. The van der Waals surface area contributed by atoms with E-state index in [4.69, 9.17) is 5.26 Å². The number of benzene rings is 1. The van der Waals surface area contributed by atoms with Crippen LogP contribution >= 0.6 is 11.3 Å². The summed E-state index contributed by atoms with van der Waals surface area (Å²) in [5.74, 6) is 0.0407. The number of amides is 1. The van der Waals surface area contributed by atoms with Crippen LogP contribution in [-0.2, 0) is 17.5 Å². The van der Waals surface area contributed by atoms with Gasteiger partial charge in [-0.1, -0.05) is 0 Å². The van der Waals surface area contributed by atoms with Gasteiger partial charge >= 0.3 is 6.18 Å². The molecule has 0 spiro atoms. The summed E-state index contributed by atoms with van der Waals surface area (Å²) in [5, 5.41) is 11.8. The maximum atomic E-state index is 13.5. The minimum atomic E-state index is -4.61. The minimum Gasteiger partial charge on any atom is -0.370 e. The van der Waals surface area contributed by atoms with Gasteiger partial charge < -0.3 is 10.2 Å². The fourth-order valence-corrected chi connectivity index (χ4v) is 6.08. The molecule has 182 valence electrons. The van der Waals surface area contributed by atoms with Gasteiger partial charge in [-0.3, -0.25) is 9.69 Å². The van der Waals surface area contributed by atoms with Crippen LogP contribution < -0.4 is 10.2 Å². The molecule has 0 radical (unpaired) electrons. The summed E-state index contributed by atoms with van der Waals surface area (Å²) in [4.78, 5) is 22.6. The molecule has 2 saturated heterocycles. The lowest BCUT2D eigenvalue weighted by atomic mass is 9.78. The summed E-state index contributed by atoms with van der Waals surface area (Å²) >= 11 is 1.67. The third-order valence-electron chi connectivity index (χ3n) is 7.19. The van der Waals surface area contributed by atoms with Gasteiger partial charge in [-0.15, -0.1) is 11.3 Å². The standard InChI is InChI=1S/C24H28F3N5OS/c1-15-22(34-14-30-15)13-31-7-5-16(6-8-31)19-11-32(12-20(19)23(33)29-2)18-4-3-17(10-28)21(9-18)24(25,26)27/h3-4,9,14,16,19-20H,5-8,11-13H2,1-2H3,(H,29,33)/t19-,20+/m0/s1. The van der Waals surface area contributed by atoms with E-state index in [2.05, 4.69) is 15.2 Å². The lowest BCUT2D eigenvalue weighted by Crippen LogP contribution is -2.40. The molecule has 4 rings (SSSR count). The lowest BCUT2D eigenvalue weighted by molar-refractivity contribution is -0.137. The number of nitriles is 1. The Hall–Kier alpha value is -2.64. The molecule has 2 fully saturated rings. The molecule has 1 N–H and O–H groups in total. The van der Waals surface area contributed by atoms with Gasteiger partial charge in [0, 0.05) is 37.2 Å². The highest BCUT2D eigenvalue weighted by Gasteiger charge is 2.43. The largest absolute Gasteiger partial charge is 0.417 e. The van der Waals surface area contributed by atoms with Crippen molar-refractivity contribution in [2.24, 2.45) is 17.8 Å². The summed E-state index contributed by atoms with van der Waals surface area (Å²) in [6.45, 7) is 5.65. The second kappa shape index (κ2) is 9.92. The fourth-order valence-electron chi connectivity index (χ4n) is 5.26. The van der Waals surface area contributed by atoms with Gasteiger partial charge in [0.25, 0.3) is 0 Å². The molecule has 1 amide bonds. The Labute approximate surface area is 201 Å². The number of alkyl halides is 3. The molecular weight excluding hydrogens is 463 g/mol. The molecule has 2 aliphatic heterocycles. The van der Waals surface area contributed by atoms with Gasteiger partial charge in [-0.25, -0.2) is 4.98 Å². The average Bonchev–Trinajstić information content (AvgIpc) is 3.45. The number of likely N-dealkylation sites (tertiary alicyclic amines) is 1. The van der Waals surface area contributed by atoms with Crippen molar-refractivity contribution in [3.63, 3.8) is 0 Å². The number of piperidine rings is 1. The van der Waals surface area contributed by atoms with Crippen molar-refractivity contribution >= 4 is 22.9 Å². The zero-order valence-corrected chi connectivity index (χ0v) is 20.0. The summed E-state index contributed by atoms with van der Waals surface area (Å²) in [6, 6.07) is 5.45. The van der Waals surface area contributed by atoms with Gasteiger partial charge in [0.15, 0.2) is 0 Å². The van der Waals surface area contributed by atoms with Crippen molar-refractivity contribution in [1.29, 1.82) is 5.26 Å². The fraction of sp³-hybridized carbons (Fsp3) is 0.542. The first-order chi connectivity index (χ1) is 16.2. The molecule has 0 aliphatic carbocycles. The first kappa shape index (κ1) is 24.5. The van der Waals surface area contributed by atoms with Gasteiger partial charge in [-0.05, 0) is 62.9 Å². The molecule has 3 heterocycles. The Morgan fingerprint density at radius 3 is 2.62 bits per heavy atom. The first-order valence-electron chi connectivity index (χ1n) is 11.4. The Balaban J connectivity index is 1.48. The second-order valence-electron chi connectivity index (χ2n) is 9.10. The molecular formula is C24H28F3N5OS. The Bertz CT molecular complexity index is 1070. The minimum absolute atomic E-state index is 0.0669. The van der Waals surface area contributed by atoms with E-state index in [-0.39, 0.29) is 17.7 Å². The number of hydrogen-bond donors (Lipinski definition) is 1. The monoisotopic (exact) mass is 491 g/mol. The van der Waals surface area contributed by atoms with Crippen molar-refractivity contribution in [3.05, 3.63) is 45.4 Å². The number of aromatic nitrogens is 1. The summed E-state index contributed by atoms with van der Waals surface area (Å²) in [7, 11) is 1.60. The van der Waals surface area contributed by atoms with Crippen LogP contribution in [0.3, 0.4) is 0 Å². The zero-order chi connectivity index (χ0) is 24.5. The van der Waals surface area contributed by atoms with E-state index in [1.54, 1.807) is 30.5 Å². The maximum Gasteiger partial charge on any atom is 0.417 e. The number of anilines is 1. The summed E-state index contributed by atoms with van der Waals surface area (Å²) in [5.41, 5.74) is 2.02. The number of carbonyl (C=O) groups excluding carboxylic acids is 1. The molecule has 2 aromatic rings. The summed E-state index contributed by atoms with van der Waals surface area (Å²) < 4.78 is 40.5. The van der Waals surface area contributed by atoms with Gasteiger partial charge in [0.1, 0.15) is 0 Å². The molecule has 34 heavy (non-hydrogen) atoms. The zero-order valence-electron chi connectivity index (χ0n) is 19.2. The number of nitrogens with one attached hydrogen (secondary N) is 1. The molecule has 0 bridgehead atoms. The van der Waals surface area contributed by atoms with Crippen molar-refractivity contribution in [1.82, 2.24) is 15.2 Å². The molecule has 2 atom stereocenters. The van der Waals surface area contributed by atoms with Gasteiger partial charge in [0.2, 0.25) is 5.91 Å². The van der Waals surface area contributed by atoms with Crippen LogP contribution in [0.25, 0.3) is 0 Å². The molecule has 1 aromatic carbocycles. The number of halogens is 3. The van der Waals surface area contributed by atoms with Crippen LogP contribution in [0, 0.1) is 36.0 Å². The topological polar surface area (TPSA) is 72.3 Å². The lowest BCUT2D eigenvalue weighted by Gasteiger charge is -2.36. The SMILES string of the molecule is CNC(=O)[C@@H]1CN(c2ccc(C#N)c(C(F)(F)F)c2)C[C@H]1C1CCN(Cc2scnc2C)CC1. The number of thiazole rings is 1. The van der Waals surface area contributed by atoms with Crippen molar-refractivity contribution < 1.29 is 18.0 Å². The second-order valence-corrected chi connectivity index (χ2v) is 10.0. The van der Waals surface area contributed by atoms with Crippen LogP contribution in [0.5, 0.6) is 0 Å². The van der Waals surface area contributed by atoms with E-state index in [0.29, 0.717) is 24.7 Å². The Kier molecular flexibility index (Phi) is 7.14. The highest BCUT2D eigenvalue weighted by molar-refractivity contribution is 7.09. The van der Waals surface area contributed by atoms with E-state index < -0.39 is 17.3 Å². The third-order valence-corrected chi connectivity index (χ3v) is 8.11. The quantitative estimate of drug-likeness (QED) is 0.683. The molecule has 2 aliphatic rings. The third kappa shape index (κ3) is 5.05. The number of rotatable bonds is 5. The van der Waals surface area contributed by atoms with Crippen LogP contribution in [0.1, 0.15) is 34.5 Å². The van der Waals surface area contributed by atoms with E-state index >= 15 is 0 Å². The van der Waals surface area contributed by atoms with Gasteiger partial charge in [0.05, 0.1) is 34.3 Å². The summed E-state index contributed by atoms with van der Waals surface area (Å²) in [6.07, 6.45) is -2.71. The average molecular weight is 492 g/mol. The van der Waals surface area contributed by atoms with Crippen molar-refractivity contribution in [2.75, 3.05) is 38.1 Å². The number of carbonyl (C=O) groups is 1. The normalized spacial score (nSPS) is 22.1. The number of nitrogens with zero attached hydrogens (tertiary/aromatic N) is 4. The molecule has 0 saturated carbocycles. The number of hydrogen-bond acceptors (Lipinski definition) is 6. The van der Waals surface area contributed by atoms with Crippen molar-refractivity contribution in [3.8, 4) is 6.07 Å². The van der Waals surface area contributed by atoms with Crippen LogP contribution in [0.4, 0.5) is 18.9 Å². The Morgan fingerprint density at radius 1 is 1.29 bits per heavy atom. The van der Waals surface area contributed by atoms with Crippen LogP contribution in [-0.4, -0.2) is 49.0 Å². The maximum absolute atomic E-state index is 13.5. The molecule has 10 heteroatoms. The van der Waals surface area contributed by atoms with Gasteiger partial charge in [-0.2, -0.15) is 18.4 Å². The number of aryl methyl sites for hydroxylation is 1. The van der Waals surface area contributed by atoms with E-state index in [1.165, 1.54) is 10.9 Å². The Morgan fingerprint density at radius 2 is 2.03 bits per heavy atom. The molecule has 0 unspecified atom stereocenters. The molecule has 1 aromatic heterocycles. The van der Waals surface area contributed by atoms with E-state index in [9.17, 15) is 18.0 Å². The smallest absolute Gasteiger partial charge is 0.370 e. The predicted octanol–water partition coefficient (Wildman–Crippen LogP) is 4.05. The van der Waals surface area contributed by atoms with Crippen LogP contribution in [0.15, 0.2) is 23.7 Å². The van der Waals surface area contributed by atoms with Crippen molar-refractivity contribution in [2.45, 2.75) is 32.5 Å². The van der Waals surface area contributed by atoms with E-state index in [1.807, 2.05) is 17.3 Å². The van der Waals surface area contributed by atoms with E-state index in [0.717, 1.165) is 44.2 Å². The highest BCUT2D eigenvalue weighted by Crippen LogP contribution is 2.40. The highest BCUT2D eigenvalue weighted by atomic mass is 32.1. The predicted molar refractivity (Wildman–Crippen MR) is 124 cm³/mol.